The fourth-order valence-electron chi connectivity index (χ4n) is 4.40. The molecule has 1 unspecified atom stereocenters. The summed E-state index contributed by atoms with van der Waals surface area (Å²) in [6.07, 6.45) is 1.83. The van der Waals surface area contributed by atoms with E-state index in [4.69, 9.17) is 14.0 Å². The number of carbonyl (C=O) groups excluding carboxylic acids is 2. The van der Waals surface area contributed by atoms with Crippen LogP contribution in [0.2, 0.25) is 0 Å². The number of aromatic nitrogens is 2. The van der Waals surface area contributed by atoms with Gasteiger partial charge in [-0.05, 0) is 60.8 Å². The second kappa shape index (κ2) is 9.38. The second-order valence-corrected chi connectivity index (χ2v) is 8.53. The number of amides is 2. The summed E-state index contributed by atoms with van der Waals surface area (Å²) < 4.78 is 17.0. The van der Waals surface area contributed by atoms with Crippen molar-refractivity contribution < 1.29 is 33.4 Å². The van der Waals surface area contributed by atoms with E-state index in [0.29, 0.717) is 35.2 Å². The highest BCUT2D eigenvalue weighted by molar-refractivity contribution is 6.22. The van der Waals surface area contributed by atoms with E-state index in [9.17, 15) is 14.7 Å². The zero-order chi connectivity index (χ0) is 24.5. The van der Waals surface area contributed by atoms with E-state index < -0.39 is 12.0 Å². The molecular weight excluding hydrogens is 452 g/mol. The summed E-state index contributed by atoms with van der Waals surface area (Å²) in [4.78, 5) is 29.5. The molecule has 0 radical (unpaired) electrons. The predicted molar refractivity (Wildman–Crippen MR) is 121 cm³/mol. The van der Waals surface area contributed by atoms with Crippen LogP contribution in [0.4, 0.5) is 5.69 Å². The smallest absolute Gasteiger partial charge is 0.254 e. The zero-order valence-corrected chi connectivity index (χ0v) is 19.5. The zero-order valence-electron chi connectivity index (χ0n) is 19.5. The van der Waals surface area contributed by atoms with Crippen LogP contribution in [0.25, 0.3) is 5.69 Å². The predicted octanol–water partition coefficient (Wildman–Crippen LogP) is 1.73. The van der Waals surface area contributed by atoms with Gasteiger partial charge in [-0.3, -0.25) is 14.5 Å². The average Bonchev–Trinajstić information content (AvgIpc) is 3.59. The van der Waals surface area contributed by atoms with E-state index in [-0.39, 0.29) is 30.8 Å². The minimum absolute atomic E-state index is 0.0462. The quantitative estimate of drug-likeness (QED) is 0.338. The summed E-state index contributed by atoms with van der Waals surface area (Å²) in [5.41, 5.74) is 1.43. The van der Waals surface area contributed by atoms with Crippen LogP contribution in [0, 0.1) is 0 Å². The average molecular weight is 479 g/mol. The molecule has 1 atom stereocenters. The number of carbonyl (C=O) groups is 2. The van der Waals surface area contributed by atoms with Crippen molar-refractivity contribution in [2.45, 2.75) is 44.8 Å². The first-order valence-electron chi connectivity index (χ1n) is 11.6. The molecule has 1 aliphatic heterocycles. The Kier molecular flexibility index (Phi) is 6.12. The minimum atomic E-state index is -0.666. The lowest BCUT2D eigenvalue weighted by atomic mass is 10.2. The Morgan fingerprint density at radius 2 is 1.80 bits per heavy atom. The molecule has 2 aliphatic rings. The van der Waals surface area contributed by atoms with Crippen LogP contribution in [0.5, 0.6) is 17.4 Å². The van der Waals surface area contributed by atoms with Gasteiger partial charge in [-0.1, -0.05) is 0 Å². The van der Waals surface area contributed by atoms with Crippen molar-refractivity contribution >= 4 is 17.5 Å². The van der Waals surface area contributed by atoms with Crippen molar-refractivity contribution in [3.8, 4) is 23.1 Å². The molecule has 2 amide bonds. The van der Waals surface area contributed by atoms with Crippen LogP contribution in [-0.4, -0.2) is 47.8 Å². The molecule has 1 saturated carbocycles. The van der Waals surface area contributed by atoms with Gasteiger partial charge >= 0.3 is 0 Å². The lowest BCUT2D eigenvalue weighted by molar-refractivity contribution is -0.678. The molecule has 35 heavy (non-hydrogen) atoms. The van der Waals surface area contributed by atoms with E-state index in [0.717, 1.165) is 12.8 Å². The lowest BCUT2D eigenvalue weighted by Gasteiger charge is -2.26. The van der Waals surface area contributed by atoms with Gasteiger partial charge in [-0.25, -0.2) is 4.90 Å². The molecule has 2 heterocycles. The van der Waals surface area contributed by atoms with Crippen molar-refractivity contribution in [2.24, 2.45) is 0 Å². The Labute approximate surface area is 202 Å². The largest absolute Gasteiger partial charge is 0.539 e. The number of rotatable bonds is 9. The van der Waals surface area contributed by atoms with Crippen molar-refractivity contribution in [1.82, 2.24) is 10.2 Å². The fraction of sp³-hybridized carbons (Fsp3) is 0.360. The third kappa shape index (κ3) is 4.44. The third-order valence-corrected chi connectivity index (χ3v) is 6.29. The molecule has 2 aromatic carbocycles. The van der Waals surface area contributed by atoms with Crippen LogP contribution in [0.3, 0.4) is 0 Å². The third-order valence-electron chi connectivity index (χ3n) is 6.29. The molecule has 10 heteroatoms. The van der Waals surface area contributed by atoms with Gasteiger partial charge in [-0.2, -0.15) is 0 Å². The molecule has 3 aromatic rings. The normalized spacial score (nSPS) is 17.9. The molecule has 2 fully saturated rings. The van der Waals surface area contributed by atoms with Gasteiger partial charge in [0, 0.05) is 18.2 Å². The van der Waals surface area contributed by atoms with Gasteiger partial charge in [0.15, 0.2) is 5.95 Å². The molecule has 0 N–H and O–H groups in total. The Bertz CT molecular complexity index is 1220. The van der Waals surface area contributed by atoms with E-state index >= 15 is 0 Å². The molecular formula is C25H26N4O6. The standard InChI is InChI=1S/C25H26N4O6/c1-3-34-20-12-6-17(7-13-20)28-23(30)14-21(24(28)31)27(16-4-5-16)15-22-25(32)35-26-29(22)18-8-10-19(33-2)11-9-18/h6-13,16,21H,3-5,14-15H2,1-2H3. The number of anilines is 1. The van der Waals surface area contributed by atoms with Crippen molar-refractivity contribution in [3.63, 3.8) is 0 Å². The molecule has 0 spiro atoms. The van der Waals surface area contributed by atoms with Crippen LogP contribution in [-0.2, 0) is 16.1 Å². The maximum Gasteiger partial charge on any atom is 0.254 e. The van der Waals surface area contributed by atoms with Gasteiger partial charge in [0.25, 0.3) is 11.6 Å². The first-order valence-corrected chi connectivity index (χ1v) is 11.6. The van der Waals surface area contributed by atoms with E-state index in [1.165, 1.54) is 9.58 Å². The van der Waals surface area contributed by atoms with E-state index in [1.54, 1.807) is 55.6 Å². The van der Waals surface area contributed by atoms with Gasteiger partial charge in [0.2, 0.25) is 11.6 Å². The molecule has 1 aliphatic carbocycles. The Balaban J connectivity index is 1.40. The number of imide groups is 1. The number of hydrogen-bond acceptors (Lipinski definition) is 8. The molecule has 10 nitrogen and oxygen atoms in total. The second-order valence-electron chi connectivity index (χ2n) is 8.53. The highest BCUT2D eigenvalue weighted by Gasteiger charge is 2.48. The molecule has 182 valence electrons. The van der Waals surface area contributed by atoms with Gasteiger partial charge in [0.05, 0.1) is 43.7 Å². The number of hydrogen-bond donors (Lipinski definition) is 0. The van der Waals surface area contributed by atoms with Crippen LogP contribution < -0.4 is 24.2 Å². The Morgan fingerprint density at radius 1 is 1.11 bits per heavy atom. The highest BCUT2D eigenvalue weighted by atomic mass is 16.6. The Hall–Kier alpha value is -3.92. The lowest BCUT2D eigenvalue weighted by Crippen LogP contribution is -2.46. The van der Waals surface area contributed by atoms with Crippen molar-refractivity contribution in [2.75, 3.05) is 18.6 Å². The SMILES string of the molecule is CCOc1ccc(N2C(=O)CC(N(Cc3c([O-])on[n+]3-c3ccc(OC)cc3)C3CC3)C2=O)cc1. The number of methoxy groups -OCH3 is 1. The van der Waals surface area contributed by atoms with Gasteiger partial charge in [-0.15, -0.1) is 0 Å². The van der Waals surface area contributed by atoms with Gasteiger partial charge < -0.3 is 19.1 Å². The summed E-state index contributed by atoms with van der Waals surface area (Å²) in [5.74, 6) is 0.193. The van der Waals surface area contributed by atoms with Gasteiger partial charge in [0.1, 0.15) is 11.5 Å². The monoisotopic (exact) mass is 478 g/mol. The fourth-order valence-corrected chi connectivity index (χ4v) is 4.40. The van der Waals surface area contributed by atoms with Crippen LogP contribution in [0.1, 0.15) is 31.9 Å². The first kappa shape index (κ1) is 22.9. The van der Waals surface area contributed by atoms with Crippen molar-refractivity contribution in [3.05, 3.63) is 54.2 Å². The maximum atomic E-state index is 13.4. The topological polar surface area (TPSA) is 112 Å². The van der Waals surface area contributed by atoms with Crippen LogP contribution >= 0.6 is 0 Å². The Morgan fingerprint density at radius 3 is 2.43 bits per heavy atom. The van der Waals surface area contributed by atoms with Crippen molar-refractivity contribution in [1.29, 1.82) is 0 Å². The maximum absolute atomic E-state index is 13.4. The summed E-state index contributed by atoms with van der Waals surface area (Å²) in [7, 11) is 1.57. The number of nitrogens with zero attached hydrogens (tertiary/aromatic N) is 4. The first-order chi connectivity index (χ1) is 17.0. The summed E-state index contributed by atoms with van der Waals surface area (Å²) in [6, 6.07) is 13.4. The van der Waals surface area contributed by atoms with E-state index in [1.807, 2.05) is 11.8 Å². The van der Waals surface area contributed by atoms with E-state index in [2.05, 4.69) is 5.27 Å². The molecule has 5 rings (SSSR count). The number of ether oxygens (including phenoxy) is 2. The molecule has 1 saturated heterocycles. The summed E-state index contributed by atoms with van der Waals surface area (Å²) in [5, 5.41) is 16.5. The summed E-state index contributed by atoms with van der Waals surface area (Å²) >= 11 is 0. The number of benzene rings is 2. The minimum Gasteiger partial charge on any atom is -0.539 e. The summed E-state index contributed by atoms with van der Waals surface area (Å²) in [6.45, 7) is 2.56. The van der Waals surface area contributed by atoms with Crippen LogP contribution in [0.15, 0.2) is 53.1 Å². The molecule has 1 aromatic heterocycles. The molecule has 0 bridgehead atoms. The highest BCUT2D eigenvalue weighted by Crippen LogP contribution is 2.36.